The summed E-state index contributed by atoms with van der Waals surface area (Å²) in [6, 6.07) is 2.94. The second kappa shape index (κ2) is 4.28. The fraction of sp³-hybridized carbons (Fsp3) is 0.417. The highest BCUT2D eigenvalue weighted by Crippen LogP contribution is 2.33. The first kappa shape index (κ1) is 12.9. The molecule has 0 spiro atoms. The fourth-order valence-corrected chi connectivity index (χ4v) is 4.09. The Morgan fingerprint density at radius 1 is 1.44 bits per heavy atom. The van der Waals surface area contributed by atoms with E-state index in [1.165, 1.54) is 0 Å². The van der Waals surface area contributed by atoms with Crippen LogP contribution in [-0.4, -0.2) is 31.3 Å². The highest BCUT2D eigenvalue weighted by molar-refractivity contribution is 7.91. The minimum Gasteiger partial charge on any atom is -0.481 e. The maximum Gasteiger partial charge on any atom is 0.305 e. The van der Waals surface area contributed by atoms with Crippen LogP contribution in [0.5, 0.6) is 0 Å². The Morgan fingerprint density at radius 3 is 2.72 bits per heavy atom. The van der Waals surface area contributed by atoms with Gasteiger partial charge in [-0.15, -0.1) is 0 Å². The number of benzene rings is 1. The molecule has 0 saturated carbocycles. The zero-order valence-corrected chi connectivity index (χ0v) is 11.0. The number of hydrogen-bond acceptors (Lipinski definition) is 4. The van der Waals surface area contributed by atoms with Crippen LogP contribution in [0.2, 0.25) is 0 Å². The molecule has 1 aliphatic rings. The molecule has 1 heterocycles. The minimum absolute atomic E-state index is 0.171. The standard InChI is InChI=1S/C12H15NO4S/c1-7-3-8(2)12-10(4-7)18(16,17)6-9(13-12)5-11(14)15/h3-4,9,13H,5-6H2,1-2H3,(H,14,15). The molecule has 18 heavy (non-hydrogen) atoms. The van der Waals surface area contributed by atoms with E-state index in [2.05, 4.69) is 5.32 Å². The van der Waals surface area contributed by atoms with Gasteiger partial charge in [-0.05, 0) is 31.0 Å². The molecule has 2 rings (SSSR count). The van der Waals surface area contributed by atoms with Crippen molar-refractivity contribution in [3.63, 3.8) is 0 Å². The van der Waals surface area contributed by atoms with Gasteiger partial charge < -0.3 is 10.4 Å². The summed E-state index contributed by atoms with van der Waals surface area (Å²) in [5, 5.41) is 11.8. The average Bonchev–Trinajstić information content (AvgIpc) is 2.18. The topological polar surface area (TPSA) is 83.5 Å². The second-order valence-corrected chi connectivity index (χ2v) is 6.68. The lowest BCUT2D eigenvalue weighted by atomic mass is 10.1. The summed E-state index contributed by atoms with van der Waals surface area (Å²) >= 11 is 0. The molecule has 98 valence electrons. The Bertz CT molecular complexity index is 607. The van der Waals surface area contributed by atoms with Crippen molar-refractivity contribution in [2.45, 2.75) is 31.2 Å². The van der Waals surface area contributed by atoms with E-state index in [9.17, 15) is 13.2 Å². The Morgan fingerprint density at radius 2 is 2.11 bits per heavy atom. The first-order chi connectivity index (χ1) is 8.29. The largest absolute Gasteiger partial charge is 0.481 e. The molecule has 1 aliphatic heterocycles. The third-order valence-corrected chi connectivity index (χ3v) is 4.80. The zero-order chi connectivity index (χ0) is 13.5. The van der Waals surface area contributed by atoms with E-state index < -0.39 is 21.8 Å². The molecule has 6 heteroatoms. The van der Waals surface area contributed by atoms with E-state index in [-0.39, 0.29) is 17.1 Å². The lowest BCUT2D eigenvalue weighted by Crippen LogP contribution is -2.36. The van der Waals surface area contributed by atoms with E-state index in [0.717, 1.165) is 11.1 Å². The molecule has 0 aromatic heterocycles. The molecule has 5 nitrogen and oxygen atoms in total. The molecule has 0 saturated heterocycles. The van der Waals surface area contributed by atoms with Gasteiger partial charge in [0.15, 0.2) is 9.84 Å². The summed E-state index contributed by atoms with van der Waals surface area (Å²) in [5.74, 6) is -1.18. The van der Waals surface area contributed by atoms with Crippen LogP contribution in [0.1, 0.15) is 17.5 Å². The Kier molecular flexibility index (Phi) is 3.06. The van der Waals surface area contributed by atoms with Crippen LogP contribution in [0, 0.1) is 13.8 Å². The SMILES string of the molecule is Cc1cc(C)c2c(c1)S(=O)(=O)CC(CC(=O)O)N2. The van der Waals surface area contributed by atoms with Crippen molar-refractivity contribution in [3.05, 3.63) is 23.3 Å². The third-order valence-electron chi connectivity index (χ3n) is 2.97. The summed E-state index contributed by atoms with van der Waals surface area (Å²) < 4.78 is 24.3. The number of nitrogens with one attached hydrogen (secondary N) is 1. The molecule has 1 aromatic carbocycles. The number of fused-ring (bicyclic) bond motifs is 1. The van der Waals surface area contributed by atoms with E-state index in [4.69, 9.17) is 5.11 Å². The number of aliphatic carboxylic acids is 1. The molecular formula is C12H15NO4S. The van der Waals surface area contributed by atoms with E-state index in [1.54, 1.807) is 6.07 Å². The molecule has 1 aromatic rings. The van der Waals surface area contributed by atoms with Crippen LogP contribution < -0.4 is 5.32 Å². The molecule has 0 bridgehead atoms. The lowest BCUT2D eigenvalue weighted by Gasteiger charge is -2.27. The van der Waals surface area contributed by atoms with E-state index in [1.807, 2.05) is 19.9 Å². The molecule has 0 fully saturated rings. The second-order valence-electron chi connectivity index (χ2n) is 4.68. The van der Waals surface area contributed by atoms with Crippen LogP contribution in [-0.2, 0) is 14.6 Å². The van der Waals surface area contributed by atoms with Crippen molar-refractivity contribution >= 4 is 21.5 Å². The van der Waals surface area contributed by atoms with Crippen LogP contribution in [0.25, 0.3) is 0 Å². The van der Waals surface area contributed by atoms with Crippen molar-refractivity contribution < 1.29 is 18.3 Å². The van der Waals surface area contributed by atoms with Crippen LogP contribution in [0.4, 0.5) is 5.69 Å². The number of sulfone groups is 1. The number of anilines is 1. The number of carbonyl (C=O) groups is 1. The van der Waals surface area contributed by atoms with E-state index >= 15 is 0 Å². The van der Waals surface area contributed by atoms with Gasteiger partial charge in [-0.3, -0.25) is 4.79 Å². The Balaban J connectivity index is 2.50. The quantitative estimate of drug-likeness (QED) is 0.846. The summed E-state index contributed by atoms with van der Waals surface area (Å²) in [5.41, 5.74) is 2.25. The number of hydrogen-bond donors (Lipinski definition) is 2. The van der Waals surface area contributed by atoms with Crippen LogP contribution >= 0.6 is 0 Å². The van der Waals surface area contributed by atoms with Gasteiger partial charge >= 0.3 is 5.97 Å². The molecule has 0 aliphatic carbocycles. The first-order valence-corrected chi connectivity index (χ1v) is 7.27. The summed E-state index contributed by atoms with van der Waals surface area (Å²) in [7, 11) is -3.41. The fourth-order valence-electron chi connectivity index (χ4n) is 2.28. The van der Waals surface area contributed by atoms with Gasteiger partial charge in [0, 0.05) is 0 Å². The molecule has 0 radical (unpaired) electrons. The van der Waals surface area contributed by atoms with Gasteiger partial charge in [-0.1, -0.05) is 6.07 Å². The summed E-state index contributed by atoms with van der Waals surface area (Å²) in [4.78, 5) is 11.0. The maximum atomic E-state index is 12.1. The smallest absolute Gasteiger partial charge is 0.305 e. The number of rotatable bonds is 2. The molecule has 1 atom stereocenters. The lowest BCUT2D eigenvalue weighted by molar-refractivity contribution is -0.137. The van der Waals surface area contributed by atoms with Gasteiger partial charge in [0.1, 0.15) is 0 Å². The van der Waals surface area contributed by atoms with Crippen molar-refractivity contribution in [1.29, 1.82) is 0 Å². The van der Waals surface area contributed by atoms with Crippen molar-refractivity contribution in [2.24, 2.45) is 0 Å². The Labute approximate surface area is 106 Å². The monoisotopic (exact) mass is 269 g/mol. The number of carboxylic acid groups (broad SMARTS) is 1. The minimum atomic E-state index is -3.41. The predicted molar refractivity (Wildman–Crippen MR) is 67.6 cm³/mol. The van der Waals surface area contributed by atoms with Gasteiger partial charge in [-0.25, -0.2) is 8.42 Å². The normalized spacial score (nSPS) is 20.9. The molecule has 2 N–H and O–H groups in total. The number of carboxylic acids is 1. The number of aryl methyl sites for hydroxylation is 2. The maximum absolute atomic E-state index is 12.1. The molecule has 0 amide bonds. The average molecular weight is 269 g/mol. The van der Waals surface area contributed by atoms with Crippen molar-refractivity contribution in [1.82, 2.24) is 0 Å². The predicted octanol–water partition coefficient (Wildman–Crippen LogP) is 1.35. The summed E-state index contributed by atoms with van der Waals surface area (Å²) in [6.07, 6.45) is -0.202. The first-order valence-electron chi connectivity index (χ1n) is 5.62. The van der Waals surface area contributed by atoms with Crippen molar-refractivity contribution in [3.8, 4) is 0 Å². The highest BCUT2D eigenvalue weighted by atomic mass is 32.2. The van der Waals surface area contributed by atoms with Crippen LogP contribution in [0.15, 0.2) is 17.0 Å². The van der Waals surface area contributed by atoms with Gasteiger partial charge in [-0.2, -0.15) is 0 Å². The zero-order valence-electron chi connectivity index (χ0n) is 10.2. The van der Waals surface area contributed by atoms with Crippen molar-refractivity contribution in [2.75, 3.05) is 11.1 Å². The summed E-state index contributed by atoms with van der Waals surface area (Å²) in [6.45, 7) is 3.66. The third kappa shape index (κ3) is 2.33. The Hall–Kier alpha value is -1.56. The van der Waals surface area contributed by atoms with E-state index in [0.29, 0.717) is 5.69 Å². The van der Waals surface area contributed by atoms with Gasteiger partial charge in [0.25, 0.3) is 0 Å². The molecule has 1 unspecified atom stereocenters. The molecular weight excluding hydrogens is 254 g/mol. The highest BCUT2D eigenvalue weighted by Gasteiger charge is 2.32. The van der Waals surface area contributed by atoms with Gasteiger partial charge in [0.2, 0.25) is 0 Å². The van der Waals surface area contributed by atoms with Gasteiger partial charge in [0.05, 0.1) is 28.8 Å². The van der Waals surface area contributed by atoms with Crippen LogP contribution in [0.3, 0.4) is 0 Å².